The fourth-order valence-electron chi connectivity index (χ4n) is 2.27. The van der Waals surface area contributed by atoms with Gasteiger partial charge in [-0.2, -0.15) is 0 Å². The van der Waals surface area contributed by atoms with Gasteiger partial charge < -0.3 is 18.6 Å². The average Bonchev–Trinajstić information content (AvgIpc) is 2.65. The summed E-state index contributed by atoms with van der Waals surface area (Å²) in [6, 6.07) is 13.1. The summed E-state index contributed by atoms with van der Waals surface area (Å²) in [5, 5.41) is 0. The zero-order valence-electron chi connectivity index (χ0n) is 16.6. The minimum Gasteiger partial charge on any atom is -0.744 e. The third-order valence-corrected chi connectivity index (χ3v) is 6.61. The summed E-state index contributed by atoms with van der Waals surface area (Å²) in [4.78, 5) is -0.732. The van der Waals surface area contributed by atoms with Crippen LogP contribution in [0.3, 0.4) is 0 Å². The second-order valence-electron chi connectivity index (χ2n) is 5.77. The molecule has 0 atom stereocenters. The molecule has 0 radical (unpaired) electrons. The SMILES string of the molecule is O=S(=O)([O-])c1ccc(Oc2cc(Br)c(Oc3ccc(S(=O)(=O)[O-])cc3)cc2Br)cc1.[Na+].[Na+]. The minimum absolute atomic E-state index is 0. The molecule has 32 heavy (non-hydrogen) atoms. The molecule has 0 aliphatic rings. The third kappa shape index (κ3) is 8.07. The van der Waals surface area contributed by atoms with Crippen molar-refractivity contribution in [3.8, 4) is 23.0 Å². The molecule has 0 spiro atoms. The monoisotopic (exact) mass is 622 g/mol. The quantitative estimate of drug-likeness (QED) is 0.242. The molecule has 0 aliphatic heterocycles. The second kappa shape index (κ2) is 12.1. The van der Waals surface area contributed by atoms with Gasteiger partial charge in [-0.25, -0.2) is 16.8 Å². The number of ether oxygens (including phenoxy) is 2. The van der Waals surface area contributed by atoms with E-state index in [1.165, 1.54) is 24.3 Å². The van der Waals surface area contributed by atoms with E-state index in [1.807, 2.05) is 0 Å². The fourth-order valence-corrected chi connectivity index (χ4v) is 4.01. The molecule has 3 rings (SSSR count). The zero-order valence-corrected chi connectivity index (χ0v) is 25.4. The average molecular weight is 624 g/mol. The second-order valence-corrected chi connectivity index (χ2v) is 10.2. The van der Waals surface area contributed by atoms with Crippen molar-refractivity contribution >= 4 is 52.1 Å². The molecule has 0 unspecified atom stereocenters. The Morgan fingerprint density at radius 3 is 1.12 bits per heavy atom. The fraction of sp³-hybridized carbons (Fsp3) is 0. The van der Waals surface area contributed by atoms with Crippen LogP contribution < -0.4 is 68.6 Å². The Bertz CT molecular complexity index is 1190. The molecule has 3 aromatic carbocycles. The van der Waals surface area contributed by atoms with E-state index in [4.69, 9.17) is 9.47 Å². The van der Waals surface area contributed by atoms with Crippen LogP contribution in [-0.2, 0) is 20.2 Å². The van der Waals surface area contributed by atoms with Gasteiger partial charge in [-0.3, -0.25) is 0 Å². The van der Waals surface area contributed by atoms with E-state index in [9.17, 15) is 25.9 Å². The molecule has 0 N–H and O–H groups in total. The van der Waals surface area contributed by atoms with Crippen molar-refractivity contribution in [1.29, 1.82) is 0 Å². The molecular weight excluding hydrogens is 614 g/mol. The van der Waals surface area contributed by atoms with Crippen molar-refractivity contribution in [2.75, 3.05) is 0 Å². The number of hydrogen-bond acceptors (Lipinski definition) is 8. The first-order valence-corrected chi connectivity index (χ1v) is 12.3. The van der Waals surface area contributed by atoms with Crippen LogP contribution in [0.4, 0.5) is 0 Å². The summed E-state index contributed by atoms with van der Waals surface area (Å²) >= 11 is 6.69. The summed E-state index contributed by atoms with van der Waals surface area (Å²) in [6.07, 6.45) is 0. The van der Waals surface area contributed by atoms with Gasteiger partial charge in [-0.05, 0) is 92.5 Å². The Morgan fingerprint density at radius 1 is 0.594 bits per heavy atom. The third-order valence-electron chi connectivity index (χ3n) is 3.67. The standard InChI is InChI=1S/C18H12Br2O8S2.2Na/c19-15-10-18(28-12-3-7-14(8-4-12)30(24,25)26)16(20)9-17(15)27-11-1-5-13(6-2-11)29(21,22)23;;/h1-10H,(H,21,22,23)(H,24,25,26);;/q;2*+1/p-2. The van der Waals surface area contributed by atoms with E-state index < -0.39 is 20.2 Å². The van der Waals surface area contributed by atoms with Crippen molar-refractivity contribution in [2.45, 2.75) is 9.79 Å². The van der Waals surface area contributed by atoms with Crippen LogP contribution in [0.2, 0.25) is 0 Å². The van der Waals surface area contributed by atoms with Gasteiger partial charge in [0.05, 0.1) is 18.7 Å². The molecule has 0 fully saturated rings. The van der Waals surface area contributed by atoms with Crippen molar-refractivity contribution in [3.05, 3.63) is 69.6 Å². The number of hydrogen-bond donors (Lipinski definition) is 0. The molecule has 0 saturated heterocycles. The van der Waals surface area contributed by atoms with E-state index in [-0.39, 0.29) is 68.9 Å². The summed E-state index contributed by atoms with van der Waals surface area (Å²) < 4.78 is 78.3. The summed E-state index contributed by atoms with van der Waals surface area (Å²) in [5.74, 6) is 1.36. The first kappa shape index (κ1) is 30.1. The Labute approximate surface area is 246 Å². The Morgan fingerprint density at radius 2 is 0.875 bits per heavy atom. The molecule has 0 heterocycles. The molecule has 0 bridgehead atoms. The molecule has 0 aliphatic carbocycles. The van der Waals surface area contributed by atoms with Crippen molar-refractivity contribution in [3.63, 3.8) is 0 Å². The first-order chi connectivity index (χ1) is 13.9. The van der Waals surface area contributed by atoms with Crippen LogP contribution in [0.15, 0.2) is 79.4 Å². The molecule has 3 aromatic rings. The van der Waals surface area contributed by atoms with Gasteiger partial charge in [0.2, 0.25) is 0 Å². The minimum atomic E-state index is -4.54. The van der Waals surface area contributed by atoms with E-state index in [0.29, 0.717) is 31.9 Å². The molecular formula is C18H10Br2Na2O8S2. The van der Waals surface area contributed by atoms with Crippen LogP contribution >= 0.6 is 31.9 Å². The normalized spacial score (nSPS) is 11.1. The van der Waals surface area contributed by atoms with Gasteiger partial charge in [-0.1, -0.05) is 0 Å². The predicted molar refractivity (Wildman–Crippen MR) is 111 cm³/mol. The van der Waals surface area contributed by atoms with Crippen LogP contribution in [-0.4, -0.2) is 25.9 Å². The van der Waals surface area contributed by atoms with E-state index >= 15 is 0 Å². The van der Waals surface area contributed by atoms with E-state index in [2.05, 4.69) is 31.9 Å². The number of halogens is 2. The van der Waals surface area contributed by atoms with Crippen LogP contribution in [0.1, 0.15) is 0 Å². The van der Waals surface area contributed by atoms with Crippen molar-refractivity contribution < 1.29 is 94.5 Å². The van der Waals surface area contributed by atoms with Crippen molar-refractivity contribution in [2.24, 2.45) is 0 Å². The van der Waals surface area contributed by atoms with Gasteiger partial charge in [0.25, 0.3) is 0 Å². The Balaban J connectivity index is 0.00000256. The summed E-state index contributed by atoms with van der Waals surface area (Å²) in [6.45, 7) is 0. The Kier molecular flexibility index (Phi) is 11.4. The largest absolute Gasteiger partial charge is 1.00 e. The maximum atomic E-state index is 11.0. The molecule has 14 heteroatoms. The van der Waals surface area contributed by atoms with Crippen molar-refractivity contribution in [1.82, 2.24) is 0 Å². The van der Waals surface area contributed by atoms with Gasteiger partial charge in [-0.15, -0.1) is 0 Å². The van der Waals surface area contributed by atoms with Crippen LogP contribution in [0.25, 0.3) is 0 Å². The number of rotatable bonds is 6. The zero-order chi connectivity index (χ0) is 22.1. The number of benzene rings is 3. The predicted octanol–water partition coefficient (Wildman–Crippen LogP) is -1.39. The maximum Gasteiger partial charge on any atom is 1.00 e. The van der Waals surface area contributed by atoms with Gasteiger partial charge in [0.1, 0.15) is 43.2 Å². The maximum absolute atomic E-state index is 11.0. The summed E-state index contributed by atoms with van der Waals surface area (Å²) in [5.41, 5.74) is 0. The smallest absolute Gasteiger partial charge is 0.744 e. The molecule has 0 aromatic heterocycles. The molecule has 0 saturated carbocycles. The first-order valence-electron chi connectivity index (χ1n) is 7.90. The molecule has 158 valence electrons. The topological polar surface area (TPSA) is 133 Å². The summed E-state index contributed by atoms with van der Waals surface area (Å²) in [7, 11) is -9.09. The van der Waals surface area contributed by atoms with Gasteiger partial charge >= 0.3 is 59.1 Å². The van der Waals surface area contributed by atoms with E-state index in [1.54, 1.807) is 12.1 Å². The van der Waals surface area contributed by atoms with Gasteiger partial charge in [0, 0.05) is 0 Å². The van der Waals surface area contributed by atoms with Crippen LogP contribution in [0.5, 0.6) is 23.0 Å². The van der Waals surface area contributed by atoms with E-state index in [0.717, 1.165) is 24.3 Å². The van der Waals surface area contributed by atoms with Crippen LogP contribution in [0, 0.1) is 0 Å². The van der Waals surface area contributed by atoms with Gasteiger partial charge in [0.15, 0.2) is 0 Å². The molecule has 8 nitrogen and oxygen atoms in total. The Hall–Kier alpha value is 0.0400. The molecule has 0 amide bonds.